The highest BCUT2D eigenvalue weighted by molar-refractivity contribution is 5.76. The molecule has 1 aliphatic rings. The average Bonchev–Trinajstić information content (AvgIpc) is 2.02. The standard InChI is InChI=1S/C7H11NO4/c1-4-3-5(2)7(10)12-8-11-6(4)9/h4-5,8H,3H2,1-2H3. The van der Waals surface area contributed by atoms with Crippen molar-refractivity contribution < 1.29 is 19.3 Å². The van der Waals surface area contributed by atoms with Crippen molar-refractivity contribution in [2.75, 3.05) is 0 Å². The van der Waals surface area contributed by atoms with Gasteiger partial charge in [-0.25, -0.2) is 9.59 Å². The van der Waals surface area contributed by atoms with Gasteiger partial charge in [0.2, 0.25) is 0 Å². The molecule has 1 N–H and O–H groups in total. The van der Waals surface area contributed by atoms with Crippen molar-refractivity contribution >= 4 is 11.9 Å². The predicted octanol–water partition coefficient (Wildman–Crippen LogP) is 0.168. The van der Waals surface area contributed by atoms with Gasteiger partial charge in [-0.1, -0.05) is 13.8 Å². The second-order valence-corrected chi connectivity index (χ2v) is 2.96. The minimum Gasteiger partial charge on any atom is -0.335 e. The molecule has 0 spiro atoms. The summed E-state index contributed by atoms with van der Waals surface area (Å²) in [5, 5.41) is 0. The molecule has 1 saturated heterocycles. The Hall–Kier alpha value is -1.10. The first-order valence-electron chi connectivity index (χ1n) is 3.77. The van der Waals surface area contributed by atoms with E-state index in [4.69, 9.17) is 0 Å². The highest BCUT2D eigenvalue weighted by Crippen LogP contribution is 2.15. The number of carbonyl (C=O) groups is 2. The Morgan fingerprint density at radius 3 is 2.00 bits per heavy atom. The van der Waals surface area contributed by atoms with Crippen molar-refractivity contribution in [2.24, 2.45) is 11.8 Å². The molecule has 1 fully saturated rings. The van der Waals surface area contributed by atoms with Crippen molar-refractivity contribution in [1.29, 1.82) is 0 Å². The molecule has 1 rings (SSSR count). The van der Waals surface area contributed by atoms with Crippen LogP contribution in [-0.4, -0.2) is 11.9 Å². The van der Waals surface area contributed by atoms with Crippen LogP contribution < -0.4 is 5.64 Å². The maximum Gasteiger partial charge on any atom is 0.331 e. The Morgan fingerprint density at radius 2 is 1.58 bits per heavy atom. The molecule has 0 radical (unpaired) electrons. The van der Waals surface area contributed by atoms with Crippen LogP contribution in [0.3, 0.4) is 0 Å². The zero-order valence-corrected chi connectivity index (χ0v) is 6.99. The Balaban J connectivity index is 2.60. The molecular formula is C7H11NO4. The molecule has 1 heterocycles. The lowest BCUT2D eigenvalue weighted by molar-refractivity contribution is -0.209. The van der Waals surface area contributed by atoms with E-state index in [1.165, 1.54) is 0 Å². The summed E-state index contributed by atoms with van der Waals surface area (Å²) >= 11 is 0. The van der Waals surface area contributed by atoms with E-state index in [1.807, 2.05) is 5.64 Å². The summed E-state index contributed by atoms with van der Waals surface area (Å²) in [4.78, 5) is 30.6. The van der Waals surface area contributed by atoms with Crippen molar-refractivity contribution in [3.63, 3.8) is 0 Å². The van der Waals surface area contributed by atoms with E-state index < -0.39 is 11.9 Å². The summed E-state index contributed by atoms with van der Waals surface area (Å²) in [6, 6.07) is 0. The predicted molar refractivity (Wildman–Crippen MR) is 38.3 cm³/mol. The fraction of sp³-hybridized carbons (Fsp3) is 0.714. The van der Waals surface area contributed by atoms with Crippen molar-refractivity contribution in [2.45, 2.75) is 20.3 Å². The van der Waals surface area contributed by atoms with Gasteiger partial charge in [0.15, 0.2) is 0 Å². The molecule has 5 heteroatoms. The third kappa shape index (κ3) is 1.94. The summed E-state index contributed by atoms with van der Waals surface area (Å²) < 4.78 is 0. The largest absolute Gasteiger partial charge is 0.335 e. The first kappa shape index (κ1) is 8.99. The molecule has 2 atom stereocenters. The molecule has 0 saturated carbocycles. The molecule has 0 aromatic rings. The maximum absolute atomic E-state index is 10.9. The Bertz CT molecular complexity index is 184. The first-order valence-corrected chi connectivity index (χ1v) is 3.77. The van der Waals surface area contributed by atoms with Crippen LogP contribution in [0.25, 0.3) is 0 Å². The van der Waals surface area contributed by atoms with Crippen LogP contribution in [0.2, 0.25) is 0 Å². The molecule has 0 aromatic heterocycles. The van der Waals surface area contributed by atoms with Crippen LogP contribution in [0.15, 0.2) is 0 Å². The summed E-state index contributed by atoms with van der Waals surface area (Å²) in [7, 11) is 0. The third-order valence-electron chi connectivity index (χ3n) is 1.80. The van der Waals surface area contributed by atoms with Gasteiger partial charge < -0.3 is 9.68 Å². The molecule has 68 valence electrons. The van der Waals surface area contributed by atoms with E-state index in [0.29, 0.717) is 6.42 Å². The second-order valence-electron chi connectivity index (χ2n) is 2.96. The Labute approximate surface area is 69.9 Å². The van der Waals surface area contributed by atoms with Gasteiger partial charge in [-0.05, 0) is 6.42 Å². The fourth-order valence-corrected chi connectivity index (χ4v) is 1.03. The SMILES string of the molecule is CC1CC(C)C(=O)ONOC1=O. The van der Waals surface area contributed by atoms with Crippen LogP contribution >= 0.6 is 0 Å². The molecular weight excluding hydrogens is 162 g/mol. The second kappa shape index (κ2) is 3.53. The van der Waals surface area contributed by atoms with Crippen molar-refractivity contribution in [3.05, 3.63) is 0 Å². The summed E-state index contributed by atoms with van der Waals surface area (Å²) in [6.45, 7) is 3.41. The summed E-state index contributed by atoms with van der Waals surface area (Å²) in [5.74, 6) is -1.37. The van der Waals surface area contributed by atoms with E-state index >= 15 is 0 Å². The van der Waals surface area contributed by atoms with Gasteiger partial charge in [-0.2, -0.15) is 0 Å². The smallest absolute Gasteiger partial charge is 0.331 e. The van der Waals surface area contributed by atoms with Gasteiger partial charge in [-0.3, -0.25) is 0 Å². The Morgan fingerprint density at radius 1 is 1.17 bits per heavy atom. The number of carbonyl (C=O) groups excluding carboxylic acids is 2. The van der Waals surface area contributed by atoms with Crippen LogP contribution in [-0.2, 0) is 19.3 Å². The normalized spacial score (nSPS) is 31.5. The molecule has 1 aliphatic heterocycles. The molecule has 0 amide bonds. The van der Waals surface area contributed by atoms with E-state index in [9.17, 15) is 9.59 Å². The number of rotatable bonds is 0. The van der Waals surface area contributed by atoms with E-state index in [-0.39, 0.29) is 11.8 Å². The van der Waals surface area contributed by atoms with Crippen LogP contribution in [0.1, 0.15) is 20.3 Å². The van der Waals surface area contributed by atoms with Gasteiger partial charge in [0, 0.05) is 5.64 Å². The van der Waals surface area contributed by atoms with E-state index in [0.717, 1.165) is 0 Å². The van der Waals surface area contributed by atoms with Gasteiger partial charge in [0.25, 0.3) is 0 Å². The summed E-state index contributed by atoms with van der Waals surface area (Å²) in [5.41, 5.74) is 1.85. The van der Waals surface area contributed by atoms with Crippen LogP contribution in [0.5, 0.6) is 0 Å². The monoisotopic (exact) mass is 173 g/mol. The third-order valence-corrected chi connectivity index (χ3v) is 1.80. The summed E-state index contributed by atoms with van der Waals surface area (Å²) in [6.07, 6.45) is 0.458. The lowest BCUT2D eigenvalue weighted by Crippen LogP contribution is -2.34. The Kier molecular flexibility index (Phi) is 2.65. The molecule has 0 bridgehead atoms. The molecule has 2 unspecified atom stereocenters. The van der Waals surface area contributed by atoms with Gasteiger partial charge in [-0.15, -0.1) is 0 Å². The molecule has 0 aromatic carbocycles. The minimum absolute atomic E-state index is 0.277. The fourth-order valence-electron chi connectivity index (χ4n) is 1.03. The van der Waals surface area contributed by atoms with Gasteiger partial charge >= 0.3 is 11.9 Å². The van der Waals surface area contributed by atoms with E-state index in [1.54, 1.807) is 13.8 Å². The van der Waals surface area contributed by atoms with Crippen molar-refractivity contribution in [3.8, 4) is 0 Å². The first-order chi connectivity index (χ1) is 5.61. The molecule has 12 heavy (non-hydrogen) atoms. The van der Waals surface area contributed by atoms with Crippen molar-refractivity contribution in [1.82, 2.24) is 5.64 Å². The van der Waals surface area contributed by atoms with Gasteiger partial charge in [0.05, 0.1) is 11.8 Å². The topological polar surface area (TPSA) is 64.6 Å². The van der Waals surface area contributed by atoms with E-state index in [2.05, 4.69) is 9.68 Å². The maximum atomic E-state index is 10.9. The molecule has 0 aliphatic carbocycles. The molecule has 5 nitrogen and oxygen atoms in total. The number of nitrogens with one attached hydrogen (secondary N) is 1. The highest BCUT2D eigenvalue weighted by atomic mass is 16.9. The number of hydrogen-bond donors (Lipinski definition) is 1. The highest BCUT2D eigenvalue weighted by Gasteiger charge is 2.26. The lowest BCUT2D eigenvalue weighted by Gasteiger charge is -2.18. The lowest BCUT2D eigenvalue weighted by atomic mass is 9.98. The van der Waals surface area contributed by atoms with Crippen LogP contribution in [0, 0.1) is 11.8 Å². The average molecular weight is 173 g/mol. The number of hydrogen-bond acceptors (Lipinski definition) is 5. The minimum atomic E-state index is -0.408. The zero-order valence-electron chi connectivity index (χ0n) is 6.99. The quantitative estimate of drug-likeness (QED) is 0.565. The van der Waals surface area contributed by atoms with Crippen LogP contribution in [0.4, 0.5) is 0 Å². The van der Waals surface area contributed by atoms with Gasteiger partial charge in [0.1, 0.15) is 0 Å². The zero-order chi connectivity index (χ0) is 9.14.